The highest BCUT2D eigenvalue weighted by Crippen LogP contribution is 2.32. The number of rotatable bonds is 0. The highest BCUT2D eigenvalue weighted by atomic mass is 79.9. The van der Waals surface area contributed by atoms with E-state index in [1.165, 1.54) is 5.56 Å². The van der Waals surface area contributed by atoms with E-state index in [0.717, 1.165) is 8.95 Å². The SMILES string of the molecule is CC(C)(C)c1cc(Br)c(C#N)c(Br)c1. The van der Waals surface area contributed by atoms with Crippen molar-refractivity contribution in [2.75, 3.05) is 0 Å². The van der Waals surface area contributed by atoms with Crippen LogP contribution in [0.1, 0.15) is 31.9 Å². The normalized spacial score (nSPS) is 11.1. The number of hydrogen-bond acceptors (Lipinski definition) is 1. The average molecular weight is 317 g/mol. The second-order valence-electron chi connectivity index (χ2n) is 4.18. The molecule has 0 aliphatic heterocycles. The molecule has 1 nitrogen and oxygen atoms in total. The van der Waals surface area contributed by atoms with Gasteiger partial charge in [0.15, 0.2) is 0 Å². The van der Waals surface area contributed by atoms with Crippen molar-refractivity contribution in [2.45, 2.75) is 26.2 Å². The van der Waals surface area contributed by atoms with E-state index in [1.807, 2.05) is 12.1 Å². The van der Waals surface area contributed by atoms with Crippen LogP contribution in [0.25, 0.3) is 0 Å². The van der Waals surface area contributed by atoms with Crippen molar-refractivity contribution in [1.82, 2.24) is 0 Å². The van der Waals surface area contributed by atoms with Crippen LogP contribution >= 0.6 is 31.9 Å². The molecule has 0 aliphatic carbocycles. The van der Waals surface area contributed by atoms with Gasteiger partial charge in [-0.3, -0.25) is 0 Å². The molecule has 3 heteroatoms. The van der Waals surface area contributed by atoms with E-state index in [-0.39, 0.29) is 5.41 Å². The van der Waals surface area contributed by atoms with Gasteiger partial charge in [0, 0.05) is 8.95 Å². The Morgan fingerprint density at radius 2 is 1.57 bits per heavy atom. The Bertz CT molecular complexity index is 374. The molecule has 1 aromatic carbocycles. The van der Waals surface area contributed by atoms with Gasteiger partial charge in [-0.15, -0.1) is 0 Å². The third-order valence-corrected chi connectivity index (χ3v) is 3.27. The largest absolute Gasteiger partial charge is 0.192 e. The molecule has 0 saturated carbocycles. The van der Waals surface area contributed by atoms with Crippen molar-refractivity contribution >= 4 is 31.9 Å². The Morgan fingerprint density at radius 1 is 1.14 bits per heavy atom. The fourth-order valence-corrected chi connectivity index (χ4v) is 2.48. The van der Waals surface area contributed by atoms with E-state index < -0.39 is 0 Å². The van der Waals surface area contributed by atoms with Crippen molar-refractivity contribution < 1.29 is 0 Å². The number of nitrogens with zero attached hydrogens (tertiary/aromatic N) is 1. The fourth-order valence-electron chi connectivity index (χ4n) is 1.11. The van der Waals surface area contributed by atoms with Gasteiger partial charge in [-0.2, -0.15) is 5.26 Å². The first kappa shape index (κ1) is 11.7. The summed E-state index contributed by atoms with van der Waals surface area (Å²) in [5.41, 5.74) is 1.95. The summed E-state index contributed by atoms with van der Waals surface area (Å²) < 4.78 is 1.69. The van der Waals surface area contributed by atoms with Crippen LogP contribution < -0.4 is 0 Å². The molecular formula is C11H11Br2N. The molecule has 0 fully saturated rings. The average Bonchev–Trinajstić information content (AvgIpc) is 2.01. The first-order chi connectivity index (χ1) is 6.36. The van der Waals surface area contributed by atoms with Gasteiger partial charge in [0.25, 0.3) is 0 Å². The van der Waals surface area contributed by atoms with E-state index in [4.69, 9.17) is 5.26 Å². The predicted octanol–water partition coefficient (Wildman–Crippen LogP) is 4.38. The smallest absolute Gasteiger partial charge is 0.102 e. The molecule has 0 aliphatic rings. The molecule has 0 heterocycles. The lowest BCUT2D eigenvalue weighted by atomic mass is 9.87. The van der Waals surface area contributed by atoms with Gasteiger partial charge in [0.05, 0.1) is 5.56 Å². The first-order valence-electron chi connectivity index (χ1n) is 4.26. The predicted molar refractivity (Wildman–Crippen MR) is 65.3 cm³/mol. The van der Waals surface area contributed by atoms with Gasteiger partial charge in [0.2, 0.25) is 0 Å². The van der Waals surface area contributed by atoms with E-state index in [0.29, 0.717) is 5.56 Å². The first-order valence-corrected chi connectivity index (χ1v) is 5.84. The van der Waals surface area contributed by atoms with E-state index >= 15 is 0 Å². The van der Waals surface area contributed by atoms with Gasteiger partial charge in [-0.1, -0.05) is 20.8 Å². The molecule has 0 saturated heterocycles. The monoisotopic (exact) mass is 315 g/mol. The Kier molecular flexibility index (Phi) is 3.39. The zero-order valence-electron chi connectivity index (χ0n) is 8.36. The maximum Gasteiger partial charge on any atom is 0.102 e. The number of benzene rings is 1. The van der Waals surface area contributed by atoms with Crippen LogP contribution in [0.15, 0.2) is 21.1 Å². The van der Waals surface area contributed by atoms with Gasteiger partial charge in [-0.25, -0.2) is 0 Å². The van der Waals surface area contributed by atoms with Gasteiger partial charge in [0.1, 0.15) is 6.07 Å². The number of nitriles is 1. The summed E-state index contributed by atoms with van der Waals surface area (Å²) in [5.74, 6) is 0. The summed E-state index contributed by atoms with van der Waals surface area (Å²) in [6.45, 7) is 6.44. The zero-order chi connectivity index (χ0) is 10.9. The molecule has 0 radical (unpaired) electrons. The molecule has 0 N–H and O–H groups in total. The van der Waals surface area contributed by atoms with Crippen molar-refractivity contribution in [3.05, 3.63) is 32.2 Å². The van der Waals surface area contributed by atoms with E-state index in [9.17, 15) is 0 Å². The van der Waals surface area contributed by atoms with Crippen molar-refractivity contribution in [2.24, 2.45) is 0 Å². The lowest BCUT2D eigenvalue weighted by Crippen LogP contribution is -2.11. The molecule has 0 spiro atoms. The Morgan fingerprint density at radius 3 is 1.86 bits per heavy atom. The summed E-state index contributed by atoms with van der Waals surface area (Å²) in [6, 6.07) is 6.16. The van der Waals surface area contributed by atoms with Crippen LogP contribution in [0.2, 0.25) is 0 Å². The maximum absolute atomic E-state index is 8.88. The van der Waals surface area contributed by atoms with Gasteiger partial charge >= 0.3 is 0 Å². The Hall–Kier alpha value is -0.330. The summed E-state index contributed by atoms with van der Waals surface area (Å²) in [7, 11) is 0. The van der Waals surface area contributed by atoms with Crippen molar-refractivity contribution in [1.29, 1.82) is 5.26 Å². The molecule has 14 heavy (non-hydrogen) atoms. The zero-order valence-corrected chi connectivity index (χ0v) is 11.5. The summed E-state index contributed by atoms with van der Waals surface area (Å²) in [6.07, 6.45) is 0. The molecule has 1 rings (SSSR count). The summed E-state index contributed by atoms with van der Waals surface area (Å²) >= 11 is 6.80. The van der Waals surface area contributed by atoms with Crippen LogP contribution in [0, 0.1) is 11.3 Å². The molecule has 0 bridgehead atoms. The second kappa shape index (κ2) is 4.04. The minimum Gasteiger partial charge on any atom is -0.192 e. The van der Waals surface area contributed by atoms with Crippen molar-refractivity contribution in [3.63, 3.8) is 0 Å². The van der Waals surface area contributed by atoms with Crippen LogP contribution in [0.5, 0.6) is 0 Å². The lowest BCUT2D eigenvalue weighted by Gasteiger charge is -2.20. The third-order valence-electron chi connectivity index (χ3n) is 2.02. The minimum atomic E-state index is 0.0963. The lowest BCUT2D eigenvalue weighted by molar-refractivity contribution is 0.589. The van der Waals surface area contributed by atoms with E-state index in [1.54, 1.807) is 0 Å². The molecule has 0 amide bonds. The van der Waals surface area contributed by atoms with Crippen LogP contribution in [0.4, 0.5) is 0 Å². The summed E-state index contributed by atoms with van der Waals surface area (Å²) in [4.78, 5) is 0. The maximum atomic E-state index is 8.88. The second-order valence-corrected chi connectivity index (χ2v) is 5.89. The molecule has 74 valence electrons. The molecule has 0 unspecified atom stereocenters. The molecular weight excluding hydrogens is 306 g/mol. The molecule has 0 atom stereocenters. The van der Waals surface area contributed by atoms with Crippen LogP contribution in [-0.2, 0) is 5.41 Å². The van der Waals surface area contributed by atoms with Crippen LogP contribution in [-0.4, -0.2) is 0 Å². The topological polar surface area (TPSA) is 23.8 Å². The number of halogens is 2. The highest BCUT2D eigenvalue weighted by Gasteiger charge is 2.16. The quantitative estimate of drug-likeness (QED) is 0.696. The van der Waals surface area contributed by atoms with Gasteiger partial charge < -0.3 is 0 Å². The minimum absolute atomic E-state index is 0.0963. The van der Waals surface area contributed by atoms with Crippen molar-refractivity contribution in [3.8, 4) is 6.07 Å². The molecule has 0 aromatic heterocycles. The van der Waals surface area contributed by atoms with Gasteiger partial charge in [-0.05, 0) is 55.0 Å². The highest BCUT2D eigenvalue weighted by molar-refractivity contribution is 9.11. The van der Waals surface area contributed by atoms with E-state index in [2.05, 4.69) is 58.7 Å². The Balaban J connectivity index is 3.37. The number of hydrogen-bond donors (Lipinski definition) is 0. The Labute approximate surface area is 101 Å². The third kappa shape index (κ3) is 2.37. The molecule has 1 aromatic rings. The standard InChI is InChI=1S/C11H11Br2N/c1-11(2,3)7-4-9(12)8(6-14)10(13)5-7/h4-5H,1-3H3. The summed E-state index contributed by atoms with van der Waals surface area (Å²) in [5, 5.41) is 8.88. The fraction of sp³-hybridized carbons (Fsp3) is 0.364. The van der Waals surface area contributed by atoms with Crippen LogP contribution in [0.3, 0.4) is 0 Å².